The minimum absolute atomic E-state index is 0.443. The first-order valence-electron chi connectivity index (χ1n) is 5.49. The molecule has 0 saturated heterocycles. The number of carbonyl (C=O) groups is 1. The fourth-order valence-electron chi connectivity index (χ4n) is 4.42. The van der Waals surface area contributed by atoms with Gasteiger partial charge in [0.15, 0.2) is 0 Å². The SMILES string of the molecule is O=C(O)CC1[C@H]2CC[C@H]3CC[C@@H]1[C@H]32. The molecular formula is C11H16O2. The summed E-state index contributed by atoms with van der Waals surface area (Å²) in [5, 5.41) is 8.80. The lowest BCUT2D eigenvalue weighted by Gasteiger charge is -2.46. The van der Waals surface area contributed by atoms with Crippen molar-refractivity contribution in [3.63, 3.8) is 0 Å². The van der Waals surface area contributed by atoms with Gasteiger partial charge in [0.25, 0.3) is 0 Å². The molecule has 3 aliphatic carbocycles. The van der Waals surface area contributed by atoms with E-state index in [1.165, 1.54) is 25.7 Å². The van der Waals surface area contributed by atoms with Gasteiger partial charge in [-0.25, -0.2) is 0 Å². The molecule has 0 amide bonds. The van der Waals surface area contributed by atoms with E-state index in [9.17, 15) is 4.79 Å². The summed E-state index contributed by atoms with van der Waals surface area (Å²) in [5.41, 5.74) is 0. The molecule has 13 heavy (non-hydrogen) atoms. The summed E-state index contributed by atoms with van der Waals surface area (Å²) in [6, 6.07) is 0. The van der Waals surface area contributed by atoms with E-state index >= 15 is 0 Å². The summed E-state index contributed by atoms with van der Waals surface area (Å²) in [7, 11) is 0. The van der Waals surface area contributed by atoms with Crippen LogP contribution in [0.3, 0.4) is 0 Å². The van der Waals surface area contributed by atoms with Gasteiger partial charge >= 0.3 is 5.97 Å². The predicted molar refractivity (Wildman–Crippen MR) is 48.2 cm³/mol. The molecule has 2 nitrogen and oxygen atoms in total. The maximum Gasteiger partial charge on any atom is 0.303 e. The lowest BCUT2D eigenvalue weighted by molar-refractivity contribution is -0.142. The Kier molecular flexibility index (Phi) is 1.50. The minimum atomic E-state index is -0.584. The summed E-state index contributed by atoms with van der Waals surface area (Å²) in [6.07, 6.45) is 5.87. The van der Waals surface area contributed by atoms with Gasteiger partial charge in [0.1, 0.15) is 0 Å². The number of aliphatic carboxylic acids is 1. The molecule has 1 N–H and O–H groups in total. The van der Waals surface area contributed by atoms with Gasteiger partial charge < -0.3 is 5.11 Å². The van der Waals surface area contributed by atoms with Gasteiger partial charge in [-0.15, -0.1) is 0 Å². The molecule has 1 unspecified atom stereocenters. The zero-order valence-corrected chi connectivity index (χ0v) is 7.78. The van der Waals surface area contributed by atoms with Gasteiger partial charge in [0, 0.05) is 6.42 Å². The van der Waals surface area contributed by atoms with Crippen LogP contribution in [0, 0.1) is 29.6 Å². The smallest absolute Gasteiger partial charge is 0.303 e. The molecular weight excluding hydrogens is 164 g/mol. The Morgan fingerprint density at radius 1 is 1.15 bits per heavy atom. The van der Waals surface area contributed by atoms with Crippen LogP contribution in [0.25, 0.3) is 0 Å². The van der Waals surface area contributed by atoms with E-state index in [0.29, 0.717) is 12.3 Å². The summed E-state index contributed by atoms with van der Waals surface area (Å²) in [6.45, 7) is 0. The lowest BCUT2D eigenvalue weighted by atomic mass is 9.58. The first-order valence-corrected chi connectivity index (χ1v) is 5.49. The van der Waals surface area contributed by atoms with Crippen molar-refractivity contribution in [3.05, 3.63) is 0 Å². The molecule has 0 radical (unpaired) electrons. The maximum absolute atomic E-state index is 10.7. The topological polar surface area (TPSA) is 37.3 Å². The fraction of sp³-hybridized carbons (Fsp3) is 0.909. The van der Waals surface area contributed by atoms with Crippen molar-refractivity contribution in [3.8, 4) is 0 Å². The molecule has 3 saturated carbocycles. The second kappa shape index (κ2) is 2.49. The van der Waals surface area contributed by atoms with Gasteiger partial charge in [-0.2, -0.15) is 0 Å². The molecule has 3 fully saturated rings. The zero-order chi connectivity index (χ0) is 9.00. The van der Waals surface area contributed by atoms with E-state index in [1.807, 2.05) is 0 Å². The van der Waals surface area contributed by atoms with Gasteiger partial charge in [-0.1, -0.05) is 0 Å². The maximum atomic E-state index is 10.7. The van der Waals surface area contributed by atoms with Crippen molar-refractivity contribution in [2.75, 3.05) is 0 Å². The average Bonchev–Trinajstić information content (AvgIpc) is 2.51. The Hall–Kier alpha value is -0.530. The third-order valence-electron chi connectivity index (χ3n) is 4.78. The minimum Gasteiger partial charge on any atom is -0.481 e. The van der Waals surface area contributed by atoms with Crippen molar-refractivity contribution in [1.29, 1.82) is 0 Å². The van der Waals surface area contributed by atoms with E-state index in [-0.39, 0.29) is 0 Å². The monoisotopic (exact) mass is 180 g/mol. The third-order valence-corrected chi connectivity index (χ3v) is 4.78. The molecule has 72 valence electrons. The van der Waals surface area contributed by atoms with Gasteiger partial charge in [0.2, 0.25) is 0 Å². The molecule has 0 aromatic heterocycles. The van der Waals surface area contributed by atoms with Gasteiger partial charge in [-0.05, 0) is 55.3 Å². The molecule has 2 heteroatoms. The highest BCUT2D eigenvalue weighted by atomic mass is 16.4. The molecule has 0 aliphatic heterocycles. The van der Waals surface area contributed by atoms with Crippen LogP contribution in [-0.2, 0) is 4.79 Å². The Morgan fingerprint density at radius 2 is 1.77 bits per heavy atom. The first kappa shape index (κ1) is 7.84. The predicted octanol–water partition coefficient (Wildman–Crippen LogP) is 2.14. The van der Waals surface area contributed by atoms with Crippen LogP contribution in [0.15, 0.2) is 0 Å². The van der Waals surface area contributed by atoms with Crippen LogP contribution < -0.4 is 0 Å². The Morgan fingerprint density at radius 3 is 2.31 bits per heavy atom. The third kappa shape index (κ3) is 0.918. The molecule has 5 atom stereocenters. The van der Waals surface area contributed by atoms with Crippen LogP contribution >= 0.6 is 0 Å². The summed E-state index contributed by atoms with van der Waals surface area (Å²) in [5.74, 6) is 3.50. The van der Waals surface area contributed by atoms with Crippen molar-refractivity contribution in [2.24, 2.45) is 29.6 Å². The van der Waals surface area contributed by atoms with Gasteiger partial charge in [-0.3, -0.25) is 4.79 Å². The normalized spacial score (nSPS) is 51.5. The Bertz CT molecular complexity index is 232. The first-order chi connectivity index (χ1) is 6.27. The van der Waals surface area contributed by atoms with Crippen LogP contribution in [0.5, 0.6) is 0 Å². The fourth-order valence-corrected chi connectivity index (χ4v) is 4.42. The summed E-state index contributed by atoms with van der Waals surface area (Å²) < 4.78 is 0. The number of carboxylic acids is 1. The second-order valence-electron chi connectivity index (χ2n) is 5.08. The lowest BCUT2D eigenvalue weighted by Crippen LogP contribution is -2.43. The van der Waals surface area contributed by atoms with E-state index in [1.54, 1.807) is 0 Å². The van der Waals surface area contributed by atoms with Crippen LogP contribution in [0.1, 0.15) is 32.1 Å². The quantitative estimate of drug-likeness (QED) is 0.707. The van der Waals surface area contributed by atoms with Crippen molar-refractivity contribution >= 4 is 5.97 Å². The van der Waals surface area contributed by atoms with E-state index < -0.39 is 5.97 Å². The number of rotatable bonds is 2. The number of hydrogen-bond donors (Lipinski definition) is 1. The molecule has 3 rings (SSSR count). The summed E-state index contributed by atoms with van der Waals surface area (Å²) in [4.78, 5) is 10.7. The largest absolute Gasteiger partial charge is 0.481 e. The Labute approximate surface area is 78.3 Å². The standard InChI is InChI=1S/C11H16O2/c12-10(13)5-9-7-3-1-6-2-4-8(9)11(6)7/h6-9,11H,1-5H2,(H,12,13)/t6-,7+,8-,9?,11+. The number of carboxylic acid groups (broad SMARTS) is 1. The Balaban J connectivity index is 1.75. The van der Waals surface area contributed by atoms with E-state index in [4.69, 9.17) is 5.11 Å². The van der Waals surface area contributed by atoms with E-state index in [0.717, 1.165) is 23.7 Å². The van der Waals surface area contributed by atoms with Crippen molar-refractivity contribution in [2.45, 2.75) is 32.1 Å². The second-order valence-corrected chi connectivity index (χ2v) is 5.08. The van der Waals surface area contributed by atoms with Gasteiger partial charge in [0.05, 0.1) is 0 Å². The number of hydrogen-bond acceptors (Lipinski definition) is 1. The highest BCUT2D eigenvalue weighted by Crippen LogP contribution is 2.65. The van der Waals surface area contributed by atoms with Crippen LogP contribution in [0.2, 0.25) is 0 Å². The van der Waals surface area contributed by atoms with Crippen LogP contribution in [0.4, 0.5) is 0 Å². The molecule has 0 spiro atoms. The van der Waals surface area contributed by atoms with Crippen molar-refractivity contribution < 1.29 is 9.90 Å². The zero-order valence-electron chi connectivity index (χ0n) is 7.78. The average molecular weight is 180 g/mol. The summed E-state index contributed by atoms with van der Waals surface area (Å²) >= 11 is 0. The molecule has 0 aromatic rings. The highest BCUT2D eigenvalue weighted by molar-refractivity contribution is 5.67. The van der Waals surface area contributed by atoms with Crippen LogP contribution in [-0.4, -0.2) is 11.1 Å². The molecule has 0 heterocycles. The molecule has 0 bridgehead atoms. The van der Waals surface area contributed by atoms with Crippen molar-refractivity contribution in [1.82, 2.24) is 0 Å². The highest BCUT2D eigenvalue weighted by Gasteiger charge is 2.59. The molecule has 0 aromatic carbocycles. The molecule has 3 aliphatic rings. The van der Waals surface area contributed by atoms with E-state index in [2.05, 4.69) is 0 Å².